The monoisotopic (exact) mass is 594 g/mol. The van der Waals surface area contributed by atoms with Crippen LogP contribution in [0.3, 0.4) is 0 Å². The fourth-order valence-electron chi connectivity index (χ4n) is 2.99. The lowest BCUT2D eigenvalue weighted by molar-refractivity contribution is -0.143. The van der Waals surface area contributed by atoms with Crippen molar-refractivity contribution in [1.82, 2.24) is 10.6 Å². The Labute approximate surface area is 232 Å². The van der Waals surface area contributed by atoms with Crippen molar-refractivity contribution >= 4 is 81.9 Å². The van der Waals surface area contributed by atoms with Crippen LogP contribution in [0.1, 0.15) is 27.1 Å². The summed E-state index contributed by atoms with van der Waals surface area (Å²) in [6.45, 7) is 0. The Kier molecular flexibility index (Phi) is 12.1. The molecular weight excluding hydrogens is 574 g/mol. The van der Waals surface area contributed by atoms with E-state index < -0.39 is 35.8 Å². The summed E-state index contributed by atoms with van der Waals surface area (Å²) in [5.74, 6) is -2.20. The molecule has 0 heterocycles. The van der Waals surface area contributed by atoms with Crippen LogP contribution in [0, 0.1) is 0 Å². The summed E-state index contributed by atoms with van der Waals surface area (Å²) in [6, 6.07) is 7.16. The van der Waals surface area contributed by atoms with Crippen molar-refractivity contribution in [1.29, 1.82) is 0 Å². The van der Waals surface area contributed by atoms with Crippen LogP contribution < -0.4 is 10.6 Å². The van der Waals surface area contributed by atoms with Gasteiger partial charge in [-0.05, 0) is 36.4 Å². The maximum atomic E-state index is 12.7. The predicted molar refractivity (Wildman–Crippen MR) is 141 cm³/mol. The van der Waals surface area contributed by atoms with E-state index in [-0.39, 0.29) is 43.4 Å². The van der Waals surface area contributed by atoms with E-state index in [1.165, 1.54) is 50.2 Å². The maximum absolute atomic E-state index is 12.7. The van der Waals surface area contributed by atoms with Gasteiger partial charge in [0, 0.05) is 5.75 Å². The summed E-state index contributed by atoms with van der Waals surface area (Å²) in [5, 5.41) is 5.65. The standard InChI is InChI=1S/C23H22Cl4N2O6S/c1-34-22(32)16(28-20(30)18-12(24)5-3-6-13(18)25)9-10-36-11-17(23(33)35-2)29-21(31)19-14(26)7-4-8-15(19)27/h3-8,16-17H,9-11H2,1-2H3,(H,28,30)(H,29,31)/t16-,17+/m0/s1. The Morgan fingerprint density at radius 3 is 1.56 bits per heavy atom. The molecule has 0 aliphatic carbocycles. The van der Waals surface area contributed by atoms with Gasteiger partial charge in [0.2, 0.25) is 0 Å². The molecule has 0 aromatic heterocycles. The van der Waals surface area contributed by atoms with E-state index in [0.29, 0.717) is 5.75 Å². The van der Waals surface area contributed by atoms with E-state index in [4.69, 9.17) is 55.9 Å². The van der Waals surface area contributed by atoms with Gasteiger partial charge in [-0.2, -0.15) is 11.8 Å². The second kappa shape index (κ2) is 14.5. The Hall–Kier alpha value is -2.17. The van der Waals surface area contributed by atoms with Gasteiger partial charge in [-0.3, -0.25) is 9.59 Å². The predicted octanol–water partition coefficient (Wildman–Crippen LogP) is 4.67. The fourth-order valence-corrected chi connectivity index (χ4v) is 5.16. The van der Waals surface area contributed by atoms with E-state index in [1.807, 2.05) is 0 Å². The largest absolute Gasteiger partial charge is 0.467 e. The summed E-state index contributed by atoms with van der Waals surface area (Å²) in [6.07, 6.45) is 0.156. The minimum absolute atomic E-state index is 0.0337. The molecule has 0 aliphatic rings. The number of carbonyl (C=O) groups is 4. The quantitative estimate of drug-likeness (QED) is 0.287. The molecule has 2 amide bonds. The van der Waals surface area contributed by atoms with Gasteiger partial charge in [-0.15, -0.1) is 0 Å². The van der Waals surface area contributed by atoms with Crippen LogP contribution in [0.4, 0.5) is 0 Å². The van der Waals surface area contributed by atoms with Crippen LogP contribution in [0.25, 0.3) is 0 Å². The highest BCUT2D eigenvalue weighted by atomic mass is 35.5. The number of carbonyl (C=O) groups excluding carboxylic acids is 4. The van der Waals surface area contributed by atoms with Crippen LogP contribution in [0.15, 0.2) is 36.4 Å². The third kappa shape index (κ3) is 8.18. The van der Waals surface area contributed by atoms with Gasteiger partial charge in [0.1, 0.15) is 12.1 Å². The van der Waals surface area contributed by atoms with Gasteiger partial charge in [-0.1, -0.05) is 58.5 Å². The summed E-state index contributed by atoms with van der Waals surface area (Å²) < 4.78 is 9.56. The van der Waals surface area contributed by atoms with Crippen LogP contribution in [0.2, 0.25) is 20.1 Å². The third-order valence-corrected chi connectivity index (χ3v) is 7.15. The molecule has 36 heavy (non-hydrogen) atoms. The molecule has 0 unspecified atom stereocenters. The number of benzene rings is 2. The normalized spacial score (nSPS) is 12.3. The number of esters is 2. The lowest BCUT2D eigenvalue weighted by Crippen LogP contribution is -2.44. The van der Waals surface area contributed by atoms with Gasteiger partial charge in [0.15, 0.2) is 0 Å². The molecule has 13 heteroatoms. The average Bonchev–Trinajstić information content (AvgIpc) is 2.83. The second-order valence-electron chi connectivity index (χ2n) is 7.16. The minimum Gasteiger partial charge on any atom is -0.467 e. The van der Waals surface area contributed by atoms with E-state index in [2.05, 4.69) is 10.6 Å². The SMILES string of the molecule is COC(=O)[C@H](CCSC[C@@H](NC(=O)c1c(Cl)cccc1Cl)C(=O)OC)NC(=O)c1c(Cl)cccc1Cl. The Bertz CT molecular complexity index is 1010. The maximum Gasteiger partial charge on any atom is 0.329 e. The highest BCUT2D eigenvalue weighted by Gasteiger charge is 2.27. The molecule has 0 bridgehead atoms. The minimum atomic E-state index is -1.02. The van der Waals surface area contributed by atoms with Crippen LogP contribution in [-0.4, -0.2) is 61.6 Å². The smallest absolute Gasteiger partial charge is 0.329 e. The van der Waals surface area contributed by atoms with Crippen molar-refractivity contribution in [2.24, 2.45) is 0 Å². The second-order valence-corrected chi connectivity index (χ2v) is 9.93. The van der Waals surface area contributed by atoms with Crippen LogP contribution >= 0.6 is 58.2 Å². The molecule has 2 atom stereocenters. The van der Waals surface area contributed by atoms with Crippen molar-refractivity contribution in [3.05, 3.63) is 67.6 Å². The molecule has 0 spiro atoms. The number of hydrogen-bond acceptors (Lipinski definition) is 7. The molecule has 0 saturated carbocycles. The van der Waals surface area contributed by atoms with Crippen molar-refractivity contribution in [2.75, 3.05) is 25.7 Å². The first kappa shape index (κ1) is 30.1. The first-order chi connectivity index (χ1) is 17.1. The Morgan fingerprint density at radius 1 is 0.750 bits per heavy atom. The van der Waals surface area contributed by atoms with Gasteiger partial charge < -0.3 is 20.1 Å². The first-order valence-electron chi connectivity index (χ1n) is 10.3. The first-order valence-corrected chi connectivity index (χ1v) is 13.0. The van der Waals surface area contributed by atoms with Gasteiger partial charge in [-0.25, -0.2) is 9.59 Å². The molecule has 2 aromatic rings. The van der Waals surface area contributed by atoms with Crippen molar-refractivity contribution in [3.8, 4) is 0 Å². The van der Waals surface area contributed by atoms with E-state index in [1.54, 1.807) is 12.1 Å². The molecule has 0 radical (unpaired) electrons. The lowest BCUT2D eigenvalue weighted by atomic mass is 10.1. The number of halogens is 4. The molecule has 0 fully saturated rings. The molecule has 2 N–H and O–H groups in total. The zero-order valence-electron chi connectivity index (χ0n) is 19.1. The van der Waals surface area contributed by atoms with Crippen LogP contribution in [0.5, 0.6) is 0 Å². The van der Waals surface area contributed by atoms with Crippen molar-refractivity contribution in [3.63, 3.8) is 0 Å². The molecule has 8 nitrogen and oxygen atoms in total. The van der Waals surface area contributed by atoms with Crippen LogP contribution in [-0.2, 0) is 19.1 Å². The number of nitrogens with one attached hydrogen (secondary N) is 2. The number of amides is 2. The summed E-state index contributed by atoms with van der Waals surface area (Å²) in [4.78, 5) is 49.8. The van der Waals surface area contributed by atoms with Gasteiger partial charge >= 0.3 is 11.9 Å². The Balaban J connectivity index is 2.01. The topological polar surface area (TPSA) is 111 Å². The summed E-state index contributed by atoms with van der Waals surface area (Å²) in [7, 11) is 2.39. The molecule has 0 saturated heterocycles. The molecule has 0 aliphatic heterocycles. The molecule has 2 rings (SSSR count). The zero-order chi connectivity index (χ0) is 26.8. The zero-order valence-corrected chi connectivity index (χ0v) is 22.9. The number of methoxy groups -OCH3 is 2. The molecular formula is C23H22Cl4N2O6S. The number of rotatable bonds is 11. The average molecular weight is 596 g/mol. The highest BCUT2D eigenvalue weighted by Crippen LogP contribution is 2.25. The van der Waals surface area contributed by atoms with Crippen molar-refractivity contribution < 1.29 is 28.7 Å². The van der Waals surface area contributed by atoms with Crippen molar-refractivity contribution in [2.45, 2.75) is 18.5 Å². The summed E-state index contributed by atoms with van der Waals surface area (Å²) in [5.41, 5.74) is 0.0699. The van der Waals surface area contributed by atoms with Gasteiger partial charge in [0.25, 0.3) is 11.8 Å². The summed E-state index contributed by atoms with van der Waals surface area (Å²) >= 11 is 25.5. The van der Waals surface area contributed by atoms with E-state index in [9.17, 15) is 19.2 Å². The third-order valence-electron chi connectivity index (χ3n) is 4.80. The number of hydrogen-bond donors (Lipinski definition) is 2. The Morgan fingerprint density at radius 2 is 1.14 bits per heavy atom. The lowest BCUT2D eigenvalue weighted by Gasteiger charge is -2.19. The van der Waals surface area contributed by atoms with E-state index >= 15 is 0 Å². The van der Waals surface area contributed by atoms with Gasteiger partial charge in [0.05, 0.1) is 45.4 Å². The fraction of sp³-hybridized carbons (Fsp3) is 0.304. The number of thioether (sulfide) groups is 1. The molecule has 2 aromatic carbocycles. The highest BCUT2D eigenvalue weighted by molar-refractivity contribution is 7.99. The molecule has 194 valence electrons. The number of ether oxygens (including phenoxy) is 2. The van der Waals surface area contributed by atoms with E-state index in [0.717, 1.165) is 0 Å².